The van der Waals surface area contributed by atoms with Gasteiger partial charge in [0.25, 0.3) is 5.91 Å². The molecule has 108 valence electrons. The van der Waals surface area contributed by atoms with Crippen LogP contribution in [0, 0.1) is 0 Å². The summed E-state index contributed by atoms with van der Waals surface area (Å²) in [5, 5.41) is 13.0. The number of carbonyl (C=O) groups excluding carboxylic acids is 1. The number of amides is 1. The molecule has 21 heavy (non-hydrogen) atoms. The highest BCUT2D eigenvalue weighted by Crippen LogP contribution is 2.38. The fourth-order valence-corrected chi connectivity index (χ4v) is 3.03. The predicted octanol–water partition coefficient (Wildman–Crippen LogP) is 1.91. The smallest absolute Gasteiger partial charge is 0.253 e. The fraction of sp³-hybridized carbons (Fsp3) is 0.188. The van der Waals surface area contributed by atoms with Gasteiger partial charge < -0.3 is 10.0 Å². The SMILES string of the molecule is CN1C(=O)C(c2ccccc2)(c2cccc(O)c2)NC1S. The lowest BCUT2D eigenvalue weighted by Gasteiger charge is -2.28. The van der Waals surface area contributed by atoms with Gasteiger partial charge >= 0.3 is 0 Å². The number of benzene rings is 2. The molecule has 2 aromatic rings. The molecule has 2 N–H and O–H groups in total. The summed E-state index contributed by atoms with van der Waals surface area (Å²) >= 11 is 4.42. The Kier molecular flexibility index (Phi) is 3.39. The van der Waals surface area contributed by atoms with E-state index >= 15 is 0 Å². The molecule has 2 unspecified atom stereocenters. The van der Waals surface area contributed by atoms with Crippen molar-refractivity contribution in [3.8, 4) is 5.75 Å². The maximum Gasteiger partial charge on any atom is 0.253 e. The number of hydrogen-bond donors (Lipinski definition) is 3. The molecule has 1 saturated heterocycles. The summed E-state index contributed by atoms with van der Waals surface area (Å²) in [5.74, 6) is 0.0296. The van der Waals surface area contributed by atoms with Crippen molar-refractivity contribution in [3.05, 3.63) is 65.7 Å². The van der Waals surface area contributed by atoms with Crippen molar-refractivity contribution in [3.63, 3.8) is 0 Å². The van der Waals surface area contributed by atoms with Crippen LogP contribution in [0.15, 0.2) is 54.6 Å². The second-order valence-electron chi connectivity index (χ2n) is 5.10. The monoisotopic (exact) mass is 300 g/mol. The standard InChI is InChI=1S/C16H16N2O2S/c1-18-14(20)16(17-15(18)21,11-6-3-2-4-7-11)12-8-5-9-13(19)10-12/h2-10,15,17,19,21H,1H3. The minimum Gasteiger partial charge on any atom is -0.508 e. The van der Waals surface area contributed by atoms with E-state index in [0.29, 0.717) is 5.56 Å². The minimum absolute atomic E-state index is 0.0979. The van der Waals surface area contributed by atoms with E-state index in [0.717, 1.165) is 5.56 Å². The Hall–Kier alpha value is -1.98. The summed E-state index contributed by atoms with van der Waals surface area (Å²) in [6.07, 6.45) is 0. The number of thiol groups is 1. The molecule has 0 spiro atoms. The molecule has 1 fully saturated rings. The first-order chi connectivity index (χ1) is 10.1. The Labute approximate surface area is 128 Å². The lowest BCUT2D eigenvalue weighted by Crippen LogP contribution is -2.45. The number of carbonyl (C=O) groups is 1. The van der Waals surface area contributed by atoms with Gasteiger partial charge in [0.15, 0.2) is 5.54 Å². The van der Waals surface area contributed by atoms with Crippen LogP contribution in [0.25, 0.3) is 0 Å². The second-order valence-corrected chi connectivity index (χ2v) is 5.59. The number of likely N-dealkylation sites (N-methyl/N-ethyl adjacent to an activating group) is 1. The Bertz CT molecular complexity index is 677. The Balaban J connectivity index is 2.24. The van der Waals surface area contributed by atoms with Crippen LogP contribution in [0.4, 0.5) is 0 Å². The molecule has 0 aromatic heterocycles. The third-order valence-electron chi connectivity index (χ3n) is 3.84. The maximum absolute atomic E-state index is 12.9. The van der Waals surface area contributed by atoms with E-state index in [1.807, 2.05) is 36.4 Å². The van der Waals surface area contributed by atoms with Crippen molar-refractivity contribution in [1.29, 1.82) is 0 Å². The zero-order valence-electron chi connectivity index (χ0n) is 11.5. The molecule has 1 aliphatic heterocycles. The highest BCUT2D eigenvalue weighted by atomic mass is 32.1. The van der Waals surface area contributed by atoms with Gasteiger partial charge in [0.05, 0.1) is 0 Å². The quantitative estimate of drug-likeness (QED) is 0.743. The molecule has 2 atom stereocenters. The van der Waals surface area contributed by atoms with Crippen LogP contribution >= 0.6 is 12.6 Å². The Morgan fingerprint density at radius 3 is 2.38 bits per heavy atom. The van der Waals surface area contributed by atoms with E-state index in [-0.39, 0.29) is 17.2 Å². The average molecular weight is 300 g/mol. The third kappa shape index (κ3) is 2.09. The summed E-state index contributed by atoms with van der Waals surface area (Å²) in [5.41, 5.74) is 0.104. The normalized spacial score (nSPS) is 25.3. The molecule has 1 heterocycles. The van der Waals surface area contributed by atoms with Gasteiger partial charge in [0.1, 0.15) is 11.2 Å². The molecule has 2 aromatic carbocycles. The van der Waals surface area contributed by atoms with Crippen molar-refractivity contribution in [2.45, 2.75) is 11.0 Å². The Morgan fingerprint density at radius 2 is 1.81 bits per heavy atom. The Morgan fingerprint density at radius 1 is 1.14 bits per heavy atom. The van der Waals surface area contributed by atoms with Gasteiger partial charge in [-0.2, -0.15) is 0 Å². The third-order valence-corrected chi connectivity index (χ3v) is 4.32. The summed E-state index contributed by atoms with van der Waals surface area (Å²) in [4.78, 5) is 14.4. The van der Waals surface area contributed by atoms with Crippen molar-refractivity contribution in [2.24, 2.45) is 0 Å². The molecule has 0 radical (unpaired) electrons. The highest BCUT2D eigenvalue weighted by molar-refractivity contribution is 7.80. The lowest BCUT2D eigenvalue weighted by atomic mass is 9.82. The van der Waals surface area contributed by atoms with Gasteiger partial charge in [-0.05, 0) is 23.3 Å². The number of hydrogen-bond acceptors (Lipinski definition) is 4. The summed E-state index contributed by atoms with van der Waals surface area (Å²) in [6.45, 7) is 0. The van der Waals surface area contributed by atoms with E-state index in [9.17, 15) is 9.90 Å². The first-order valence-electron chi connectivity index (χ1n) is 6.64. The van der Waals surface area contributed by atoms with Gasteiger partial charge in [-0.3, -0.25) is 10.1 Å². The predicted molar refractivity (Wildman–Crippen MR) is 84.0 cm³/mol. The van der Waals surface area contributed by atoms with Crippen molar-refractivity contribution >= 4 is 18.5 Å². The van der Waals surface area contributed by atoms with Crippen LogP contribution in [-0.4, -0.2) is 28.5 Å². The van der Waals surface area contributed by atoms with Crippen molar-refractivity contribution in [2.75, 3.05) is 7.05 Å². The minimum atomic E-state index is -1.03. The molecule has 3 rings (SSSR count). The molecule has 0 bridgehead atoms. The number of nitrogens with zero attached hydrogens (tertiary/aromatic N) is 1. The number of nitrogens with one attached hydrogen (secondary N) is 1. The summed E-state index contributed by atoms with van der Waals surface area (Å²) in [7, 11) is 1.71. The summed E-state index contributed by atoms with van der Waals surface area (Å²) < 4.78 is 0. The van der Waals surface area contributed by atoms with E-state index in [1.54, 1.807) is 30.1 Å². The zero-order valence-corrected chi connectivity index (χ0v) is 12.4. The van der Waals surface area contributed by atoms with Crippen LogP contribution in [0.5, 0.6) is 5.75 Å². The maximum atomic E-state index is 12.9. The molecule has 0 aliphatic carbocycles. The molecule has 1 aliphatic rings. The molecule has 5 heteroatoms. The molecular weight excluding hydrogens is 284 g/mol. The van der Waals surface area contributed by atoms with E-state index in [2.05, 4.69) is 17.9 Å². The van der Waals surface area contributed by atoms with Crippen molar-refractivity contribution in [1.82, 2.24) is 10.2 Å². The molecular formula is C16H16N2O2S. The average Bonchev–Trinajstić information content (AvgIpc) is 2.73. The van der Waals surface area contributed by atoms with Crippen LogP contribution in [0.2, 0.25) is 0 Å². The van der Waals surface area contributed by atoms with E-state index in [4.69, 9.17) is 0 Å². The van der Waals surface area contributed by atoms with Gasteiger partial charge in [-0.15, -0.1) is 12.6 Å². The van der Waals surface area contributed by atoms with Crippen LogP contribution in [0.1, 0.15) is 11.1 Å². The number of rotatable bonds is 2. The number of phenolic OH excluding ortho intramolecular Hbond substituents is 1. The van der Waals surface area contributed by atoms with Gasteiger partial charge in [-0.25, -0.2) is 0 Å². The molecule has 0 saturated carbocycles. The van der Waals surface area contributed by atoms with Crippen LogP contribution in [-0.2, 0) is 10.3 Å². The van der Waals surface area contributed by atoms with Gasteiger partial charge in [-0.1, -0.05) is 42.5 Å². The highest BCUT2D eigenvalue weighted by Gasteiger charge is 2.51. The van der Waals surface area contributed by atoms with Crippen LogP contribution in [0.3, 0.4) is 0 Å². The zero-order chi connectivity index (χ0) is 15.0. The molecule has 4 nitrogen and oxygen atoms in total. The summed E-state index contributed by atoms with van der Waals surface area (Å²) in [6, 6.07) is 16.2. The first kappa shape index (κ1) is 14.0. The van der Waals surface area contributed by atoms with E-state index < -0.39 is 5.54 Å². The van der Waals surface area contributed by atoms with Gasteiger partial charge in [0, 0.05) is 7.05 Å². The lowest BCUT2D eigenvalue weighted by molar-refractivity contribution is -0.130. The van der Waals surface area contributed by atoms with Crippen LogP contribution < -0.4 is 5.32 Å². The molecule has 1 amide bonds. The number of aromatic hydroxyl groups is 1. The first-order valence-corrected chi connectivity index (χ1v) is 7.15. The number of phenols is 1. The largest absolute Gasteiger partial charge is 0.508 e. The topological polar surface area (TPSA) is 52.6 Å². The van der Waals surface area contributed by atoms with E-state index in [1.165, 1.54) is 0 Å². The van der Waals surface area contributed by atoms with Gasteiger partial charge in [0.2, 0.25) is 0 Å². The fourth-order valence-electron chi connectivity index (χ4n) is 2.74. The second kappa shape index (κ2) is 5.09. The van der Waals surface area contributed by atoms with Crippen molar-refractivity contribution < 1.29 is 9.90 Å².